The van der Waals surface area contributed by atoms with Crippen LogP contribution in [0.2, 0.25) is 5.02 Å². The van der Waals surface area contributed by atoms with Crippen LogP contribution in [0, 0.1) is 11.7 Å². The Kier molecular flexibility index (Phi) is 3.57. The molecule has 0 unspecified atom stereocenters. The first kappa shape index (κ1) is 15.2. The molecule has 0 fully saturated rings. The van der Waals surface area contributed by atoms with Crippen LogP contribution in [0.25, 0.3) is 0 Å². The highest BCUT2D eigenvalue weighted by Gasteiger charge is 2.39. The van der Waals surface area contributed by atoms with Crippen LogP contribution >= 0.6 is 11.6 Å². The van der Waals surface area contributed by atoms with Crippen LogP contribution in [-0.2, 0) is 0 Å². The highest BCUT2D eigenvalue weighted by molar-refractivity contribution is 6.33. The number of rotatable bonds is 2. The summed E-state index contributed by atoms with van der Waals surface area (Å²) in [5.74, 6) is -1.40. The minimum atomic E-state index is -1.26. The van der Waals surface area contributed by atoms with E-state index in [2.05, 4.69) is 11.4 Å². The molecule has 1 aliphatic carbocycles. The van der Waals surface area contributed by atoms with Crippen molar-refractivity contribution in [2.45, 2.75) is 18.4 Å². The van der Waals surface area contributed by atoms with Crippen LogP contribution in [0.5, 0.6) is 0 Å². The van der Waals surface area contributed by atoms with Crippen molar-refractivity contribution in [3.05, 3.63) is 76.1 Å². The van der Waals surface area contributed by atoms with Gasteiger partial charge in [0.25, 0.3) is 0 Å². The molecule has 2 aliphatic rings. The van der Waals surface area contributed by atoms with Crippen molar-refractivity contribution in [1.29, 1.82) is 0 Å². The fraction of sp³-hybridized carbons (Fsp3) is 0.211. The Morgan fingerprint density at radius 2 is 2.04 bits per heavy atom. The summed E-state index contributed by atoms with van der Waals surface area (Å²) in [7, 11) is 0. The van der Waals surface area contributed by atoms with Crippen LogP contribution in [0.1, 0.15) is 39.9 Å². The summed E-state index contributed by atoms with van der Waals surface area (Å²) < 4.78 is 14.3. The molecule has 0 radical (unpaired) electrons. The van der Waals surface area contributed by atoms with Gasteiger partial charge in [-0.2, -0.15) is 0 Å². The molecule has 2 aromatic carbocycles. The second-order valence-corrected chi connectivity index (χ2v) is 6.61. The van der Waals surface area contributed by atoms with Gasteiger partial charge in [0.05, 0.1) is 22.7 Å². The Morgan fingerprint density at radius 3 is 2.79 bits per heavy atom. The summed E-state index contributed by atoms with van der Waals surface area (Å²) in [5, 5.41) is 14.9. The molecule has 24 heavy (non-hydrogen) atoms. The number of hydrogen-bond donors (Lipinski definition) is 1. The lowest BCUT2D eigenvalue weighted by atomic mass is 9.76. The number of carbonyl (C=O) groups excluding carboxylic acids is 1. The molecular formula is C19H14ClFNO2-. The minimum absolute atomic E-state index is 0.00246. The van der Waals surface area contributed by atoms with E-state index in [0.717, 1.165) is 12.0 Å². The van der Waals surface area contributed by atoms with Gasteiger partial charge in [0.2, 0.25) is 0 Å². The van der Waals surface area contributed by atoms with Crippen molar-refractivity contribution in [2.24, 2.45) is 5.92 Å². The highest BCUT2D eigenvalue weighted by Crippen LogP contribution is 2.52. The molecule has 0 saturated heterocycles. The van der Waals surface area contributed by atoms with Gasteiger partial charge < -0.3 is 15.2 Å². The molecule has 1 heterocycles. The quantitative estimate of drug-likeness (QED) is 0.847. The van der Waals surface area contributed by atoms with E-state index in [1.807, 2.05) is 12.1 Å². The van der Waals surface area contributed by atoms with Gasteiger partial charge in [0, 0.05) is 11.5 Å². The maximum Gasteiger partial charge on any atom is 0.128 e. The van der Waals surface area contributed by atoms with Gasteiger partial charge >= 0.3 is 0 Å². The number of aromatic carboxylic acids is 1. The zero-order valence-electron chi connectivity index (χ0n) is 12.6. The molecule has 0 saturated carbocycles. The van der Waals surface area contributed by atoms with Crippen molar-refractivity contribution < 1.29 is 14.3 Å². The van der Waals surface area contributed by atoms with E-state index in [-0.39, 0.29) is 29.3 Å². The maximum atomic E-state index is 14.3. The van der Waals surface area contributed by atoms with E-state index in [1.165, 1.54) is 12.1 Å². The second-order valence-electron chi connectivity index (χ2n) is 6.21. The molecule has 3 nitrogen and oxygen atoms in total. The largest absolute Gasteiger partial charge is 0.545 e. The van der Waals surface area contributed by atoms with Gasteiger partial charge in [-0.3, -0.25) is 0 Å². The number of hydrogen-bond acceptors (Lipinski definition) is 3. The van der Waals surface area contributed by atoms with Crippen LogP contribution in [-0.4, -0.2) is 5.97 Å². The Balaban J connectivity index is 1.85. The monoisotopic (exact) mass is 342 g/mol. The van der Waals surface area contributed by atoms with Crippen molar-refractivity contribution in [3.8, 4) is 0 Å². The van der Waals surface area contributed by atoms with Gasteiger partial charge in [-0.25, -0.2) is 4.39 Å². The third kappa shape index (κ3) is 2.29. The molecule has 4 rings (SSSR count). The van der Waals surface area contributed by atoms with E-state index in [1.54, 1.807) is 18.2 Å². The molecule has 1 aliphatic heterocycles. The Morgan fingerprint density at radius 1 is 1.25 bits per heavy atom. The maximum absolute atomic E-state index is 14.3. The normalized spacial score (nSPS) is 24.2. The number of carbonyl (C=O) groups is 1. The molecule has 122 valence electrons. The van der Waals surface area contributed by atoms with Crippen molar-refractivity contribution in [2.75, 3.05) is 5.32 Å². The Labute approximate surface area is 143 Å². The number of nitrogens with one attached hydrogen (secondary N) is 1. The van der Waals surface area contributed by atoms with E-state index in [0.29, 0.717) is 16.3 Å². The topological polar surface area (TPSA) is 52.2 Å². The van der Waals surface area contributed by atoms with Gasteiger partial charge in [-0.15, -0.1) is 0 Å². The molecule has 2 aromatic rings. The standard InChI is InChI=1S/C19H15ClFNO2/c20-15-9-10(19(23)24)8-14-11-5-3-6-12(11)17(22-18(14)15)13-4-1-2-7-16(13)21/h1-5,7-9,11-12,17,22H,6H2,(H,23,24)/p-1/t11-,12+,17-/m1/s1. The smallest absolute Gasteiger partial charge is 0.128 e. The highest BCUT2D eigenvalue weighted by atomic mass is 35.5. The second kappa shape index (κ2) is 5.64. The predicted octanol–water partition coefficient (Wildman–Crippen LogP) is 3.67. The molecule has 1 N–H and O–H groups in total. The number of anilines is 1. The van der Waals surface area contributed by atoms with Crippen LogP contribution in [0.15, 0.2) is 48.6 Å². The lowest BCUT2D eigenvalue weighted by molar-refractivity contribution is -0.255. The average Bonchev–Trinajstić information content (AvgIpc) is 3.05. The average molecular weight is 343 g/mol. The summed E-state index contributed by atoms with van der Waals surface area (Å²) in [6.45, 7) is 0. The minimum Gasteiger partial charge on any atom is -0.545 e. The third-order valence-electron chi connectivity index (χ3n) is 4.90. The van der Waals surface area contributed by atoms with Crippen LogP contribution in [0.3, 0.4) is 0 Å². The van der Waals surface area contributed by atoms with Crippen molar-refractivity contribution in [1.82, 2.24) is 0 Å². The van der Waals surface area contributed by atoms with E-state index >= 15 is 0 Å². The molecule has 0 amide bonds. The summed E-state index contributed by atoms with van der Waals surface area (Å²) in [6, 6.07) is 9.47. The lowest BCUT2D eigenvalue weighted by Gasteiger charge is -2.38. The molecule has 0 aromatic heterocycles. The summed E-state index contributed by atoms with van der Waals surface area (Å²) in [4.78, 5) is 11.2. The lowest BCUT2D eigenvalue weighted by Crippen LogP contribution is -2.31. The number of fused-ring (bicyclic) bond motifs is 3. The van der Waals surface area contributed by atoms with E-state index < -0.39 is 5.97 Å². The number of halogens is 2. The van der Waals surface area contributed by atoms with Crippen LogP contribution in [0.4, 0.5) is 10.1 Å². The Bertz CT molecular complexity index is 864. The predicted molar refractivity (Wildman–Crippen MR) is 88.5 cm³/mol. The fourth-order valence-corrected chi connectivity index (χ4v) is 4.09. The van der Waals surface area contributed by atoms with Crippen molar-refractivity contribution >= 4 is 23.3 Å². The Hall–Kier alpha value is -2.33. The van der Waals surface area contributed by atoms with Gasteiger partial charge in [0.15, 0.2) is 0 Å². The molecular weight excluding hydrogens is 329 g/mol. The summed E-state index contributed by atoms with van der Waals surface area (Å²) >= 11 is 6.30. The van der Waals surface area contributed by atoms with Gasteiger partial charge in [-0.05, 0) is 41.7 Å². The van der Waals surface area contributed by atoms with Crippen LogP contribution < -0.4 is 10.4 Å². The zero-order valence-corrected chi connectivity index (χ0v) is 13.4. The number of allylic oxidation sites excluding steroid dienone is 2. The SMILES string of the molecule is O=C([O-])c1cc(Cl)c2c(c1)[C@@H]1C=CC[C@@H]1[C@H](c1ccccc1F)N2. The summed E-state index contributed by atoms with van der Waals surface area (Å²) in [5.41, 5.74) is 2.15. The van der Waals surface area contributed by atoms with Crippen molar-refractivity contribution in [3.63, 3.8) is 0 Å². The van der Waals surface area contributed by atoms with E-state index in [9.17, 15) is 14.3 Å². The zero-order chi connectivity index (χ0) is 16.8. The molecule has 0 bridgehead atoms. The number of carboxylic acid groups (broad SMARTS) is 1. The first-order valence-electron chi connectivity index (χ1n) is 7.78. The van der Waals surface area contributed by atoms with Gasteiger partial charge in [-0.1, -0.05) is 42.0 Å². The summed E-state index contributed by atoms with van der Waals surface area (Å²) in [6.07, 6.45) is 4.90. The molecule has 5 heteroatoms. The number of benzene rings is 2. The van der Waals surface area contributed by atoms with Gasteiger partial charge in [0.1, 0.15) is 5.82 Å². The fourth-order valence-electron chi connectivity index (χ4n) is 3.81. The van der Waals surface area contributed by atoms with E-state index in [4.69, 9.17) is 11.6 Å². The first-order chi connectivity index (χ1) is 11.6. The third-order valence-corrected chi connectivity index (χ3v) is 5.19. The first-order valence-corrected chi connectivity index (χ1v) is 8.16. The molecule has 3 atom stereocenters. The molecule has 0 spiro atoms. The number of carboxylic acids is 1.